The number of hydrogen-bond donors (Lipinski definition) is 3. The first-order valence-electron chi connectivity index (χ1n) is 9.28. The highest BCUT2D eigenvalue weighted by Crippen LogP contribution is 2.25. The number of carbonyl (C=O) groups excluding carboxylic acids is 1. The summed E-state index contributed by atoms with van der Waals surface area (Å²) in [7, 11) is -0.0609. The Morgan fingerprint density at radius 3 is 2.65 bits per heavy atom. The molecule has 1 unspecified atom stereocenters. The number of aliphatic imine (C=N–C) groups is 1. The molecule has 0 saturated carbocycles. The van der Waals surface area contributed by atoms with E-state index >= 15 is 0 Å². The zero-order valence-electron chi connectivity index (χ0n) is 17.2. The molecule has 1 heterocycles. The Morgan fingerprint density at radius 2 is 2.06 bits per heavy atom. The SMILES string of the molecule is CN=C(NCCC(=O)NC1CCS(=O)(=O)C1)NCc1cc(OC)ccc1OC(F)F.I. The number of methoxy groups -OCH3 is 1. The minimum absolute atomic E-state index is 0. The molecule has 1 aliphatic heterocycles. The number of ether oxygens (including phenoxy) is 2. The van der Waals surface area contributed by atoms with Gasteiger partial charge in [0.05, 0.1) is 18.6 Å². The molecule has 1 amide bonds. The van der Waals surface area contributed by atoms with Crippen molar-refractivity contribution in [1.82, 2.24) is 16.0 Å². The van der Waals surface area contributed by atoms with E-state index in [1.165, 1.54) is 26.3 Å². The lowest BCUT2D eigenvalue weighted by atomic mass is 10.2. The molecule has 176 valence electrons. The molecule has 1 aliphatic rings. The van der Waals surface area contributed by atoms with E-state index in [0.717, 1.165) is 0 Å². The summed E-state index contributed by atoms with van der Waals surface area (Å²) < 4.78 is 57.7. The van der Waals surface area contributed by atoms with Gasteiger partial charge in [-0.25, -0.2) is 8.42 Å². The maximum Gasteiger partial charge on any atom is 0.387 e. The Bertz CT molecular complexity index is 871. The first-order valence-corrected chi connectivity index (χ1v) is 11.1. The molecule has 13 heteroatoms. The maximum atomic E-state index is 12.6. The molecule has 31 heavy (non-hydrogen) atoms. The summed E-state index contributed by atoms with van der Waals surface area (Å²) in [5.74, 6) is 0.659. The molecule has 3 N–H and O–H groups in total. The Labute approximate surface area is 197 Å². The summed E-state index contributed by atoms with van der Waals surface area (Å²) in [6.45, 7) is -2.57. The van der Waals surface area contributed by atoms with Gasteiger partial charge in [0, 0.05) is 38.2 Å². The predicted molar refractivity (Wildman–Crippen MR) is 123 cm³/mol. The second-order valence-corrected chi connectivity index (χ2v) is 8.85. The van der Waals surface area contributed by atoms with Crippen LogP contribution in [0.15, 0.2) is 23.2 Å². The number of alkyl halides is 2. The first kappa shape index (κ1) is 27.1. The molecule has 9 nitrogen and oxygen atoms in total. The number of halogens is 3. The van der Waals surface area contributed by atoms with E-state index in [1.807, 2.05) is 0 Å². The van der Waals surface area contributed by atoms with Crippen LogP contribution in [-0.4, -0.2) is 65.1 Å². The minimum atomic E-state index is -3.05. The molecule has 0 spiro atoms. The lowest BCUT2D eigenvalue weighted by Gasteiger charge is -2.16. The van der Waals surface area contributed by atoms with Gasteiger partial charge in [-0.1, -0.05) is 0 Å². The first-order chi connectivity index (χ1) is 14.2. The highest BCUT2D eigenvalue weighted by Gasteiger charge is 2.28. The van der Waals surface area contributed by atoms with E-state index in [1.54, 1.807) is 6.07 Å². The molecule has 0 aromatic heterocycles. The standard InChI is InChI=1S/C18H26F2N4O5S.HI/c1-21-18(22-7-5-16(25)24-13-6-8-30(26,27)11-13)23-10-12-9-14(28-2)3-4-15(12)29-17(19)20;/h3-4,9,13,17H,5-8,10-11H2,1-2H3,(H,24,25)(H2,21,22,23);1H. The second-order valence-electron chi connectivity index (χ2n) is 6.62. The third-order valence-electron chi connectivity index (χ3n) is 4.40. The van der Waals surface area contributed by atoms with E-state index < -0.39 is 16.4 Å². The molecule has 0 bridgehead atoms. The van der Waals surface area contributed by atoms with Crippen molar-refractivity contribution in [2.75, 3.05) is 32.2 Å². The number of benzene rings is 1. The number of guanidine groups is 1. The molecule has 1 aromatic carbocycles. The summed E-state index contributed by atoms with van der Waals surface area (Å²) in [5.41, 5.74) is 0.442. The van der Waals surface area contributed by atoms with Crippen molar-refractivity contribution in [3.63, 3.8) is 0 Å². The maximum absolute atomic E-state index is 12.6. The van der Waals surface area contributed by atoms with E-state index in [4.69, 9.17) is 4.74 Å². The number of hydrogen-bond acceptors (Lipinski definition) is 6. The summed E-state index contributed by atoms with van der Waals surface area (Å²) in [5, 5.41) is 8.60. The zero-order chi connectivity index (χ0) is 22.1. The topological polar surface area (TPSA) is 118 Å². The van der Waals surface area contributed by atoms with Crippen LogP contribution >= 0.6 is 24.0 Å². The van der Waals surface area contributed by atoms with Gasteiger partial charge in [0.15, 0.2) is 15.8 Å². The molecule has 2 rings (SSSR count). The Kier molecular flexibility index (Phi) is 11.2. The van der Waals surface area contributed by atoms with Gasteiger partial charge in [-0.05, 0) is 24.6 Å². The summed E-state index contributed by atoms with van der Waals surface area (Å²) in [4.78, 5) is 16.0. The van der Waals surface area contributed by atoms with Crippen LogP contribution < -0.4 is 25.4 Å². The number of nitrogens with zero attached hydrogens (tertiary/aromatic N) is 1. The lowest BCUT2D eigenvalue weighted by Crippen LogP contribution is -2.41. The van der Waals surface area contributed by atoms with Gasteiger partial charge in [0.25, 0.3) is 0 Å². The summed E-state index contributed by atoms with van der Waals surface area (Å²) in [6, 6.07) is 4.14. The third-order valence-corrected chi connectivity index (χ3v) is 6.16. The van der Waals surface area contributed by atoms with Gasteiger partial charge >= 0.3 is 6.61 Å². The molecule has 1 aromatic rings. The van der Waals surface area contributed by atoms with Crippen LogP contribution in [0, 0.1) is 0 Å². The number of carbonyl (C=O) groups is 1. The Hall–Kier alpha value is -1.90. The van der Waals surface area contributed by atoms with Gasteiger partial charge in [0.1, 0.15) is 11.5 Å². The van der Waals surface area contributed by atoms with Gasteiger partial charge in [-0.3, -0.25) is 9.79 Å². The van der Waals surface area contributed by atoms with Crippen molar-refractivity contribution in [3.8, 4) is 11.5 Å². The van der Waals surface area contributed by atoms with Crippen LogP contribution in [0.3, 0.4) is 0 Å². The zero-order valence-corrected chi connectivity index (χ0v) is 20.3. The van der Waals surface area contributed by atoms with Crippen LogP contribution in [0.2, 0.25) is 0 Å². The van der Waals surface area contributed by atoms with Crippen molar-refractivity contribution in [2.45, 2.75) is 32.0 Å². The number of nitrogens with one attached hydrogen (secondary N) is 3. The molecule has 0 aliphatic carbocycles. The van der Waals surface area contributed by atoms with Gasteiger partial charge in [-0.2, -0.15) is 8.78 Å². The highest BCUT2D eigenvalue weighted by molar-refractivity contribution is 14.0. The van der Waals surface area contributed by atoms with E-state index in [0.29, 0.717) is 23.7 Å². The fraction of sp³-hybridized carbons (Fsp3) is 0.556. The highest BCUT2D eigenvalue weighted by atomic mass is 127. The number of amides is 1. The monoisotopic (exact) mass is 576 g/mol. The van der Waals surface area contributed by atoms with E-state index in [2.05, 4.69) is 25.7 Å². The van der Waals surface area contributed by atoms with Crippen LogP contribution in [0.1, 0.15) is 18.4 Å². The second kappa shape index (κ2) is 12.8. The normalized spacial score (nSPS) is 17.6. The van der Waals surface area contributed by atoms with Crippen LogP contribution in [0.25, 0.3) is 0 Å². The molecular formula is C18H27F2IN4O5S. The van der Waals surface area contributed by atoms with Crippen LogP contribution in [-0.2, 0) is 21.2 Å². The third kappa shape index (κ3) is 9.41. The van der Waals surface area contributed by atoms with Crippen molar-refractivity contribution < 1.29 is 31.5 Å². The Balaban J connectivity index is 0.00000480. The molecule has 1 saturated heterocycles. The number of sulfone groups is 1. The molecule has 1 fully saturated rings. The average Bonchev–Trinajstić information content (AvgIpc) is 3.03. The van der Waals surface area contributed by atoms with Crippen LogP contribution in [0.4, 0.5) is 8.78 Å². The molecule has 0 radical (unpaired) electrons. The predicted octanol–water partition coefficient (Wildman–Crippen LogP) is 1.27. The van der Waals surface area contributed by atoms with Crippen molar-refractivity contribution in [3.05, 3.63) is 23.8 Å². The van der Waals surface area contributed by atoms with Crippen molar-refractivity contribution in [1.29, 1.82) is 0 Å². The van der Waals surface area contributed by atoms with Gasteiger partial charge < -0.3 is 25.4 Å². The Morgan fingerprint density at radius 1 is 1.32 bits per heavy atom. The van der Waals surface area contributed by atoms with E-state index in [9.17, 15) is 22.0 Å². The average molecular weight is 576 g/mol. The fourth-order valence-electron chi connectivity index (χ4n) is 2.93. The lowest BCUT2D eigenvalue weighted by molar-refractivity contribution is -0.121. The molecular weight excluding hydrogens is 549 g/mol. The van der Waals surface area contributed by atoms with Gasteiger partial charge in [0.2, 0.25) is 5.91 Å². The summed E-state index contributed by atoms with van der Waals surface area (Å²) >= 11 is 0. The van der Waals surface area contributed by atoms with Crippen molar-refractivity contribution in [2.24, 2.45) is 4.99 Å². The molecule has 1 atom stereocenters. The minimum Gasteiger partial charge on any atom is -0.497 e. The largest absolute Gasteiger partial charge is 0.497 e. The van der Waals surface area contributed by atoms with E-state index in [-0.39, 0.29) is 72.7 Å². The van der Waals surface area contributed by atoms with Crippen LogP contribution in [0.5, 0.6) is 11.5 Å². The summed E-state index contributed by atoms with van der Waals surface area (Å²) in [6.07, 6.45) is 0.546. The quantitative estimate of drug-likeness (QED) is 0.230. The number of rotatable bonds is 9. The van der Waals surface area contributed by atoms with Crippen molar-refractivity contribution >= 4 is 45.7 Å². The van der Waals surface area contributed by atoms with Gasteiger partial charge in [-0.15, -0.1) is 24.0 Å². The smallest absolute Gasteiger partial charge is 0.387 e. The fourth-order valence-corrected chi connectivity index (χ4v) is 4.61.